The van der Waals surface area contributed by atoms with Gasteiger partial charge in [-0.2, -0.15) is 0 Å². The number of hydrogen-bond acceptors (Lipinski definition) is 4. The van der Waals surface area contributed by atoms with E-state index in [1.807, 2.05) is 55.5 Å². The molecule has 5 nitrogen and oxygen atoms in total. The number of amides is 1. The van der Waals surface area contributed by atoms with Gasteiger partial charge in [0.05, 0.1) is 0 Å². The van der Waals surface area contributed by atoms with E-state index in [9.17, 15) is 4.79 Å². The van der Waals surface area contributed by atoms with E-state index >= 15 is 0 Å². The number of hydrogen-bond donors (Lipinski definition) is 2. The minimum Gasteiger partial charge on any atom is -0.370 e. The van der Waals surface area contributed by atoms with Crippen molar-refractivity contribution >= 4 is 29.0 Å². The van der Waals surface area contributed by atoms with Crippen molar-refractivity contribution in [2.75, 3.05) is 17.2 Å². The molecule has 138 valence electrons. The van der Waals surface area contributed by atoms with Gasteiger partial charge in [-0.25, -0.2) is 9.97 Å². The van der Waals surface area contributed by atoms with Gasteiger partial charge in [0.1, 0.15) is 17.3 Å². The second-order valence-corrected chi connectivity index (χ2v) is 6.70. The summed E-state index contributed by atoms with van der Waals surface area (Å²) in [6.45, 7) is 4.39. The maximum atomic E-state index is 12.6. The molecule has 0 aliphatic carbocycles. The van der Waals surface area contributed by atoms with Crippen molar-refractivity contribution in [3.8, 4) is 0 Å². The Kier molecular flexibility index (Phi) is 6.04. The van der Waals surface area contributed by atoms with Gasteiger partial charge in [0.15, 0.2) is 0 Å². The van der Waals surface area contributed by atoms with Gasteiger partial charge in [0.2, 0.25) is 0 Å². The zero-order valence-electron chi connectivity index (χ0n) is 15.3. The third kappa shape index (κ3) is 5.28. The van der Waals surface area contributed by atoms with Crippen molar-refractivity contribution in [2.24, 2.45) is 0 Å². The molecule has 0 fully saturated rings. The molecule has 1 aromatic heterocycles. The summed E-state index contributed by atoms with van der Waals surface area (Å²) in [5, 5.41) is 6.87. The van der Waals surface area contributed by atoms with Crippen LogP contribution in [0.3, 0.4) is 0 Å². The molecule has 2 aromatic carbocycles. The highest BCUT2D eigenvalue weighted by Crippen LogP contribution is 2.16. The molecule has 27 heavy (non-hydrogen) atoms. The van der Waals surface area contributed by atoms with Crippen LogP contribution >= 0.6 is 11.6 Å². The summed E-state index contributed by atoms with van der Waals surface area (Å²) in [7, 11) is 0. The van der Waals surface area contributed by atoms with Crippen LogP contribution in [0.15, 0.2) is 54.6 Å². The molecular weight excluding hydrogens is 360 g/mol. The highest BCUT2D eigenvalue weighted by Gasteiger charge is 2.12. The van der Waals surface area contributed by atoms with Gasteiger partial charge in [-0.15, -0.1) is 0 Å². The maximum absolute atomic E-state index is 12.6. The Bertz CT molecular complexity index is 958. The molecule has 3 aromatic rings. The fourth-order valence-corrected chi connectivity index (χ4v) is 2.91. The molecule has 1 amide bonds. The van der Waals surface area contributed by atoms with E-state index in [2.05, 4.69) is 20.6 Å². The maximum Gasteiger partial charge on any atom is 0.274 e. The first kappa shape index (κ1) is 18.9. The van der Waals surface area contributed by atoms with Crippen molar-refractivity contribution in [2.45, 2.75) is 20.3 Å². The van der Waals surface area contributed by atoms with E-state index in [1.165, 1.54) is 0 Å². The monoisotopic (exact) mass is 380 g/mol. The second-order valence-electron chi connectivity index (χ2n) is 6.26. The lowest BCUT2D eigenvalue weighted by Crippen LogP contribution is -2.17. The van der Waals surface area contributed by atoms with Crippen LogP contribution in [0, 0.1) is 13.8 Å². The summed E-state index contributed by atoms with van der Waals surface area (Å²) < 4.78 is 0. The quantitative estimate of drug-likeness (QED) is 0.653. The highest BCUT2D eigenvalue weighted by molar-refractivity contribution is 6.30. The topological polar surface area (TPSA) is 66.9 Å². The van der Waals surface area contributed by atoms with Crippen LogP contribution in [-0.2, 0) is 6.42 Å². The smallest absolute Gasteiger partial charge is 0.274 e. The average molecular weight is 381 g/mol. The van der Waals surface area contributed by atoms with E-state index < -0.39 is 0 Å². The number of rotatable bonds is 6. The van der Waals surface area contributed by atoms with Gasteiger partial charge in [-0.3, -0.25) is 4.79 Å². The third-order valence-corrected chi connectivity index (χ3v) is 4.31. The molecule has 0 aliphatic heterocycles. The molecule has 0 bridgehead atoms. The van der Waals surface area contributed by atoms with Gasteiger partial charge in [-0.1, -0.05) is 41.9 Å². The molecule has 0 aliphatic rings. The van der Waals surface area contributed by atoms with E-state index in [-0.39, 0.29) is 5.91 Å². The number of carbonyl (C=O) groups is 1. The molecular formula is C21H21ClN4O. The van der Waals surface area contributed by atoms with Crippen molar-refractivity contribution in [1.29, 1.82) is 0 Å². The lowest BCUT2D eigenvalue weighted by Gasteiger charge is -2.10. The standard InChI is InChI=1S/C21H21ClN4O/c1-14-6-3-4-9-18(14)26-21(27)19-13-20(25-15(2)24-19)23-11-10-16-7-5-8-17(22)12-16/h3-9,12-13H,10-11H2,1-2H3,(H,26,27)(H,23,24,25). The molecule has 0 radical (unpaired) electrons. The zero-order chi connectivity index (χ0) is 19.2. The number of aryl methyl sites for hydroxylation is 2. The van der Waals surface area contributed by atoms with Crippen molar-refractivity contribution in [3.05, 3.63) is 82.3 Å². The number of halogens is 1. The lowest BCUT2D eigenvalue weighted by atomic mass is 10.1. The number of carbonyl (C=O) groups excluding carboxylic acids is 1. The van der Waals surface area contributed by atoms with Crippen molar-refractivity contribution in [3.63, 3.8) is 0 Å². The Morgan fingerprint density at radius 2 is 1.85 bits per heavy atom. The van der Waals surface area contributed by atoms with Crippen molar-refractivity contribution in [1.82, 2.24) is 9.97 Å². The molecule has 0 saturated carbocycles. The number of anilines is 2. The van der Waals surface area contributed by atoms with Crippen LogP contribution in [-0.4, -0.2) is 22.4 Å². The highest BCUT2D eigenvalue weighted by atomic mass is 35.5. The Hall–Kier alpha value is -2.92. The Labute approximate surface area is 163 Å². The summed E-state index contributed by atoms with van der Waals surface area (Å²) in [6, 6.07) is 17.0. The fraction of sp³-hybridized carbons (Fsp3) is 0.190. The normalized spacial score (nSPS) is 10.5. The predicted octanol–water partition coefficient (Wildman–Crippen LogP) is 4.65. The van der Waals surface area contributed by atoms with E-state index in [4.69, 9.17) is 11.6 Å². The van der Waals surface area contributed by atoms with Crippen LogP contribution in [0.4, 0.5) is 11.5 Å². The Morgan fingerprint density at radius 3 is 2.63 bits per heavy atom. The minimum atomic E-state index is -0.257. The van der Waals surface area contributed by atoms with Crippen LogP contribution in [0.5, 0.6) is 0 Å². The molecule has 0 spiro atoms. The Balaban J connectivity index is 1.66. The molecule has 1 heterocycles. The van der Waals surface area contributed by atoms with E-state index in [1.54, 1.807) is 13.0 Å². The summed E-state index contributed by atoms with van der Waals surface area (Å²) in [5.41, 5.74) is 3.24. The van der Waals surface area contributed by atoms with Crippen LogP contribution < -0.4 is 10.6 Å². The number of nitrogens with one attached hydrogen (secondary N) is 2. The minimum absolute atomic E-state index is 0.257. The summed E-state index contributed by atoms with van der Waals surface area (Å²) in [5.74, 6) is 0.907. The molecule has 0 unspecified atom stereocenters. The van der Waals surface area contributed by atoms with Crippen LogP contribution in [0.1, 0.15) is 27.4 Å². The Morgan fingerprint density at radius 1 is 1.04 bits per heavy atom. The molecule has 3 rings (SSSR count). The lowest BCUT2D eigenvalue weighted by molar-refractivity contribution is 0.102. The summed E-state index contributed by atoms with van der Waals surface area (Å²) in [4.78, 5) is 21.2. The number of aromatic nitrogens is 2. The van der Waals surface area contributed by atoms with Crippen molar-refractivity contribution < 1.29 is 4.79 Å². The van der Waals surface area contributed by atoms with E-state index in [0.29, 0.717) is 23.9 Å². The SMILES string of the molecule is Cc1nc(NCCc2cccc(Cl)c2)cc(C(=O)Nc2ccccc2C)n1. The van der Waals surface area contributed by atoms with Crippen LogP contribution in [0.2, 0.25) is 5.02 Å². The largest absolute Gasteiger partial charge is 0.370 e. The number of benzene rings is 2. The van der Waals surface area contributed by atoms with Gasteiger partial charge in [0, 0.05) is 23.3 Å². The first-order valence-corrected chi connectivity index (χ1v) is 9.10. The third-order valence-electron chi connectivity index (χ3n) is 4.07. The van der Waals surface area contributed by atoms with Gasteiger partial charge in [-0.05, 0) is 49.6 Å². The zero-order valence-corrected chi connectivity index (χ0v) is 16.0. The summed E-state index contributed by atoms with van der Waals surface area (Å²) in [6.07, 6.45) is 0.800. The molecule has 2 N–H and O–H groups in total. The van der Waals surface area contributed by atoms with Gasteiger partial charge >= 0.3 is 0 Å². The number of nitrogens with zero attached hydrogens (tertiary/aromatic N) is 2. The first-order chi connectivity index (χ1) is 13.0. The van der Waals surface area contributed by atoms with E-state index in [0.717, 1.165) is 28.3 Å². The molecule has 0 atom stereocenters. The average Bonchev–Trinajstić information content (AvgIpc) is 2.63. The second kappa shape index (κ2) is 8.64. The summed E-state index contributed by atoms with van der Waals surface area (Å²) >= 11 is 6.01. The van der Waals surface area contributed by atoms with Gasteiger partial charge < -0.3 is 10.6 Å². The molecule has 6 heteroatoms. The van der Waals surface area contributed by atoms with Gasteiger partial charge in [0.25, 0.3) is 5.91 Å². The van der Waals surface area contributed by atoms with Crippen LogP contribution in [0.25, 0.3) is 0 Å². The number of para-hydroxylation sites is 1. The molecule has 0 saturated heterocycles. The first-order valence-electron chi connectivity index (χ1n) is 8.72. The predicted molar refractivity (Wildman–Crippen MR) is 110 cm³/mol. The fourth-order valence-electron chi connectivity index (χ4n) is 2.70.